The Bertz CT molecular complexity index is 981. The van der Waals surface area contributed by atoms with Crippen molar-refractivity contribution in [3.8, 4) is 29.1 Å². The molecule has 2 aromatic carbocycles. The number of hydrogen-bond acceptors (Lipinski definition) is 5. The molecule has 33 heavy (non-hydrogen) atoms. The Morgan fingerprint density at radius 3 is 2.30 bits per heavy atom. The average Bonchev–Trinajstić information content (AvgIpc) is 2.77. The van der Waals surface area contributed by atoms with Crippen molar-refractivity contribution in [1.82, 2.24) is 0 Å². The van der Waals surface area contributed by atoms with Gasteiger partial charge in [-0.25, -0.2) is 4.79 Å². The molecule has 0 spiro atoms. The van der Waals surface area contributed by atoms with E-state index in [0.717, 1.165) is 31.9 Å². The molecule has 0 saturated heterocycles. The monoisotopic (exact) mass is 564 g/mol. The Hall–Kier alpha value is -2.70. The topological polar surface area (TPSA) is 74.2 Å². The maximum Gasteiger partial charge on any atom is 0.333 e. The van der Waals surface area contributed by atoms with Crippen molar-refractivity contribution in [2.45, 2.75) is 33.3 Å². The van der Waals surface area contributed by atoms with E-state index in [4.69, 9.17) is 18.9 Å². The number of aliphatic carboxylic acids is 1. The molecule has 0 saturated carbocycles. The smallest absolute Gasteiger partial charge is 0.333 e. The van der Waals surface area contributed by atoms with E-state index >= 15 is 0 Å². The Balaban J connectivity index is 1.94. The molecule has 1 unspecified atom stereocenters. The molecule has 0 heterocycles. The van der Waals surface area contributed by atoms with Crippen molar-refractivity contribution in [2.75, 3.05) is 26.4 Å². The second-order valence-electron chi connectivity index (χ2n) is 6.79. The summed E-state index contributed by atoms with van der Waals surface area (Å²) in [6.45, 7) is 7.52. The fourth-order valence-electron chi connectivity index (χ4n) is 2.93. The molecule has 7 heteroatoms. The number of carbonyl (C=O) groups is 1. The van der Waals surface area contributed by atoms with Crippen molar-refractivity contribution in [3.05, 3.63) is 63.2 Å². The van der Waals surface area contributed by atoms with E-state index in [1.165, 1.54) is 0 Å². The van der Waals surface area contributed by atoms with Gasteiger partial charge in [-0.3, -0.25) is 0 Å². The molecule has 1 atom stereocenters. The zero-order valence-electron chi connectivity index (χ0n) is 19.1. The lowest BCUT2D eigenvalue weighted by Gasteiger charge is -2.13. The van der Waals surface area contributed by atoms with Crippen LogP contribution >= 0.6 is 22.6 Å². The molecule has 2 aromatic rings. The first-order valence-corrected chi connectivity index (χ1v) is 11.9. The molecule has 176 valence electrons. The molecule has 0 fully saturated rings. The van der Waals surface area contributed by atoms with E-state index in [0.29, 0.717) is 32.8 Å². The molecule has 0 radical (unpaired) electrons. The molecule has 1 N–H and O–H groups in total. The van der Waals surface area contributed by atoms with Crippen LogP contribution in [-0.4, -0.2) is 43.6 Å². The molecule has 0 aliphatic rings. The number of rotatable bonds is 12. The third kappa shape index (κ3) is 9.36. The van der Waals surface area contributed by atoms with Gasteiger partial charge in [0.1, 0.15) is 23.9 Å². The van der Waals surface area contributed by atoms with Crippen LogP contribution in [0.25, 0.3) is 0 Å². The number of carboxylic acid groups (broad SMARTS) is 1. The number of hydrogen-bond donors (Lipinski definition) is 1. The summed E-state index contributed by atoms with van der Waals surface area (Å²) in [6.07, 6.45) is 3.04. The van der Waals surface area contributed by atoms with Gasteiger partial charge in [0.25, 0.3) is 0 Å². The van der Waals surface area contributed by atoms with Crippen molar-refractivity contribution >= 4 is 28.6 Å². The van der Waals surface area contributed by atoms with Gasteiger partial charge in [0.2, 0.25) is 0 Å². The highest BCUT2D eigenvalue weighted by atomic mass is 127. The zero-order chi connectivity index (χ0) is 24.1. The van der Waals surface area contributed by atoms with Crippen LogP contribution < -0.4 is 14.2 Å². The highest BCUT2D eigenvalue weighted by Crippen LogP contribution is 2.24. The number of halogens is 1. The van der Waals surface area contributed by atoms with Gasteiger partial charge in [-0.05, 0) is 85.3 Å². The highest BCUT2D eigenvalue weighted by molar-refractivity contribution is 14.1. The first kappa shape index (κ1) is 26.6. The Morgan fingerprint density at radius 1 is 1.03 bits per heavy atom. The van der Waals surface area contributed by atoms with Crippen LogP contribution in [0.1, 0.15) is 31.9 Å². The standard InChI is InChI=1S/C26H29IO6/c1-4-30-21-14-19(15-22(18-21)31-5-2)10-8-7-9-13-33-24-12-11-20(16-23(24)27)17-25(26(28)29)32-6-3/h7,9,11-12,14-16,18,25H,4-6,13,17H2,1-3H3,(H,28,29)/b9-7-. The van der Waals surface area contributed by atoms with Crippen LogP contribution in [0.5, 0.6) is 17.2 Å². The molecule has 6 nitrogen and oxygen atoms in total. The minimum atomic E-state index is -0.961. The summed E-state index contributed by atoms with van der Waals surface area (Å²) >= 11 is 2.18. The average molecular weight is 564 g/mol. The number of benzene rings is 2. The van der Waals surface area contributed by atoms with Crippen LogP contribution in [0.15, 0.2) is 48.6 Å². The molecule has 0 aliphatic heterocycles. The first-order chi connectivity index (χ1) is 16.0. The zero-order valence-corrected chi connectivity index (χ0v) is 21.3. The SMILES string of the molecule is CCOc1cc(C#C/C=C\COc2ccc(CC(OCC)C(=O)O)cc2I)cc(OCC)c1. The third-order valence-corrected chi connectivity index (χ3v) is 5.16. The summed E-state index contributed by atoms with van der Waals surface area (Å²) in [5, 5.41) is 9.24. The lowest BCUT2D eigenvalue weighted by molar-refractivity contribution is -0.149. The van der Waals surface area contributed by atoms with Crippen molar-refractivity contribution < 1.29 is 28.8 Å². The van der Waals surface area contributed by atoms with Gasteiger partial charge >= 0.3 is 5.97 Å². The maximum absolute atomic E-state index is 11.3. The van der Waals surface area contributed by atoms with E-state index in [-0.39, 0.29) is 0 Å². The van der Waals surface area contributed by atoms with Gasteiger partial charge in [0, 0.05) is 24.7 Å². The molecular formula is C26H29IO6. The van der Waals surface area contributed by atoms with Crippen LogP contribution in [0.4, 0.5) is 0 Å². The summed E-state index contributed by atoms with van der Waals surface area (Å²) in [7, 11) is 0. The van der Waals surface area contributed by atoms with Gasteiger partial charge in [0.15, 0.2) is 6.10 Å². The summed E-state index contributed by atoms with van der Waals surface area (Å²) < 4.78 is 23.1. The maximum atomic E-state index is 11.3. The van der Waals surface area contributed by atoms with Gasteiger partial charge in [-0.15, -0.1) is 0 Å². The summed E-state index contributed by atoms with van der Waals surface area (Å²) in [4.78, 5) is 11.3. The second-order valence-corrected chi connectivity index (χ2v) is 7.96. The Kier molecular flexibility index (Phi) is 11.6. The summed E-state index contributed by atoms with van der Waals surface area (Å²) in [5.41, 5.74) is 1.70. The van der Waals surface area contributed by atoms with Crippen LogP contribution in [-0.2, 0) is 16.0 Å². The lowest BCUT2D eigenvalue weighted by Crippen LogP contribution is -2.26. The number of ether oxygens (including phenoxy) is 4. The molecule has 0 bridgehead atoms. The number of allylic oxidation sites excluding steroid dienone is 1. The minimum Gasteiger partial charge on any atom is -0.494 e. The van der Waals surface area contributed by atoms with Crippen molar-refractivity contribution in [3.63, 3.8) is 0 Å². The highest BCUT2D eigenvalue weighted by Gasteiger charge is 2.18. The number of carboxylic acids is 1. The van der Waals surface area contributed by atoms with E-state index in [2.05, 4.69) is 34.4 Å². The normalized spacial score (nSPS) is 11.5. The Labute approximate surface area is 209 Å². The predicted octanol–water partition coefficient (Wildman–Crippen LogP) is 5.11. The molecule has 0 amide bonds. The fourth-order valence-corrected chi connectivity index (χ4v) is 3.67. The predicted molar refractivity (Wildman–Crippen MR) is 136 cm³/mol. The van der Waals surface area contributed by atoms with Gasteiger partial charge in [-0.1, -0.05) is 17.9 Å². The molecule has 0 aromatic heterocycles. The lowest BCUT2D eigenvalue weighted by atomic mass is 10.1. The van der Waals surface area contributed by atoms with Gasteiger partial charge in [0.05, 0.1) is 16.8 Å². The van der Waals surface area contributed by atoms with Gasteiger partial charge < -0.3 is 24.1 Å². The largest absolute Gasteiger partial charge is 0.494 e. The van der Waals surface area contributed by atoms with E-state index in [1.54, 1.807) is 13.0 Å². The first-order valence-electron chi connectivity index (χ1n) is 10.8. The van der Waals surface area contributed by atoms with Crippen LogP contribution in [0, 0.1) is 15.4 Å². The van der Waals surface area contributed by atoms with E-state index < -0.39 is 12.1 Å². The van der Waals surface area contributed by atoms with Crippen LogP contribution in [0.3, 0.4) is 0 Å². The van der Waals surface area contributed by atoms with Crippen molar-refractivity contribution in [2.24, 2.45) is 0 Å². The van der Waals surface area contributed by atoms with Crippen LogP contribution in [0.2, 0.25) is 0 Å². The quantitative estimate of drug-likeness (QED) is 0.286. The molecule has 0 aliphatic carbocycles. The minimum absolute atomic E-state index is 0.310. The summed E-state index contributed by atoms with van der Waals surface area (Å²) in [6, 6.07) is 11.2. The Morgan fingerprint density at radius 2 is 1.73 bits per heavy atom. The van der Waals surface area contributed by atoms with E-state index in [1.807, 2.05) is 56.3 Å². The summed E-state index contributed by atoms with van der Waals surface area (Å²) in [5.74, 6) is 7.31. The van der Waals surface area contributed by atoms with E-state index in [9.17, 15) is 9.90 Å². The third-order valence-electron chi connectivity index (χ3n) is 4.32. The fraction of sp³-hybridized carbons (Fsp3) is 0.346. The second kappa shape index (κ2) is 14.4. The molecule has 2 rings (SSSR count). The molecular weight excluding hydrogens is 535 g/mol. The van der Waals surface area contributed by atoms with Crippen molar-refractivity contribution in [1.29, 1.82) is 0 Å². The van der Waals surface area contributed by atoms with Gasteiger partial charge in [-0.2, -0.15) is 0 Å².